The number of fused-ring (bicyclic) bond motifs is 2. The molecule has 0 amide bonds. The Balaban J connectivity index is 1.51. The van der Waals surface area contributed by atoms with Crippen LogP contribution in [-0.4, -0.2) is 24.1 Å². The van der Waals surface area contributed by atoms with Crippen molar-refractivity contribution in [1.82, 2.24) is 0 Å². The number of carbonyl (C=O) groups excluding carboxylic acids is 2. The van der Waals surface area contributed by atoms with Crippen molar-refractivity contribution in [3.8, 4) is 0 Å². The monoisotopic (exact) mass is 314 g/mol. The molecular weight excluding hydrogens is 296 g/mol. The van der Waals surface area contributed by atoms with Gasteiger partial charge in [0.1, 0.15) is 11.7 Å². The van der Waals surface area contributed by atoms with Crippen LogP contribution in [0.4, 0.5) is 0 Å². The van der Waals surface area contributed by atoms with Gasteiger partial charge >= 0.3 is 11.9 Å². The van der Waals surface area contributed by atoms with Crippen LogP contribution >= 0.6 is 0 Å². The Bertz CT molecular complexity index is 788. The van der Waals surface area contributed by atoms with Gasteiger partial charge in [0.15, 0.2) is 0 Å². The van der Waals surface area contributed by atoms with Crippen LogP contribution in [0.1, 0.15) is 36.5 Å². The summed E-state index contributed by atoms with van der Waals surface area (Å²) in [6.45, 7) is 1.79. The number of cyclic esters (lactones) is 1. The minimum atomic E-state index is -0.778. The van der Waals surface area contributed by atoms with Gasteiger partial charge in [-0.1, -0.05) is 0 Å². The first-order valence-electron chi connectivity index (χ1n) is 8.02. The Morgan fingerprint density at radius 3 is 2.83 bits per heavy atom. The maximum Gasteiger partial charge on any atom is 0.347 e. The molecule has 5 heteroatoms. The van der Waals surface area contributed by atoms with E-state index in [1.165, 1.54) is 17.5 Å². The van der Waals surface area contributed by atoms with Crippen LogP contribution in [0, 0.1) is 0 Å². The highest BCUT2D eigenvalue weighted by Gasteiger charge is 2.35. The van der Waals surface area contributed by atoms with E-state index >= 15 is 0 Å². The van der Waals surface area contributed by atoms with Crippen molar-refractivity contribution in [2.75, 3.05) is 0 Å². The molecule has 2 aliphatic rings. The molecule has 2 heterocycles. The molecule has 2 aromatic rings. The number of aryl methyl sites for hydroxylation is 2. The van der Waals surface area contributed by atoms with Gasteiger partial charge in [0.05, 0.1) is 12.7 Å². The lowest BCUT2D eigenvalue weighted by atomic mass is 10.0. The van der Waals surface area contributed by atoms with E-state index in [0.29, 0.717) is 6.42 Å². The average Bonchev–Trinajstić information content (AvgIpc) is 3.18. The summed E-state index contributed by atoms with van der Waals surface area (Å²) in [4.78, 5) is 23.7. The standard InChI is InChI=1S/C18H18O5/c1-10-5-16(18(20)22-10)23-17(19)8-13-9-21-15-7-12-4-2-3-11(12)6-14(13)15/h6-7,9-10,16H,2-5,8H2,1H3/t10-,16-/m1/s1. The van der Waals surface area contributed by atoms with Gasteiger partial charge in [-0.3, -0.25) is 4.79 Å². The van der Waals surface area contributed by atoms with Gasteiger partial charge in [-0.25, -0.2) is 4.79 Å². The van der Waals surface area contributed by atoms with Crippen LogP contribution in [0.5, 0.6) is 0 Å². The number of carbonyl (C=O) groups is 2. The summed E-state index contributed by atoms with van der Waals surface area (Å²) in [6, 6.07) is 4.19. The van der Waals surface area contributed by atoms with Gasteiger partial charge < -0.3 is 13.9 Å². The number of hydrogen-bond acceptors (Lipinski definition) is 5. The molecule has 4 rings (SSSR count). The molecule has 1 fully saturated rings. The van der Waals surface area contributed by atoms with Crippen molar-refractivity contribution in [2.24, 2.45) is 0 Å². The maximum absolute atomic E-state index is 12.1. The first-order chi connectivity index (χ1) is 11.1. The zero-order valence-corrected chi connectivity index (χ0v) is 13.0. The summed E-state index contributed by atoms with van der Waals surface area (Å²) in [5.41, 5.74) is 4.28. The van der Waals surface area contributed by atoms with Gasteiger partial charge in [0.25, 0.3) is 0 Å². The summed E-state index contributed by atoms with van der Waals surface area (Å²) in [6.07, 6.45) is 4.49. The highest BCUT2D eigenvalue weighted by molar-refractivity contribution is 5.88. The van der Waals surface area contributed by atoms with Crippen LogP contribution < -0.4 is 0 Å². The highest BCUT2D eigenvalue weighted by Crippen LogP contribution is 2.30. The lowest BCUT2D eigenvalue weighted by Gasteiger charge is -2.07. The molecule has 1 aromatic heterocycles. The van der Waals surface area contributed by atoms with Gasteiger partial charge in [0.2, 0.25) is 6.10 Å². The van der Waals surface area contributed by atoms with Crippen LogP contribution in [0.2, 0.25) is 0 Å². The van der Waals surface area contributed by atoms with E-state index < -0.39 is 18.0 Å². The van der Waals surface area contributed by atoms with Crippen molar-refractivity contribution < 1.29 is 23.5 Å². The van der Waals surface area contributed by atoms with Gasteiger partial charge in [-0.15, -0.1) is 0 Å². The van der Waals surface area contributed by atoms with Gasteiger partial charge in [-0.05, 0) is 49.4 Å². The number of benzene rings is 1. The summed E-state index contributed by atoms with van der Waals surface area (Å²) >= 11 is 0. The normalized spacial score (nSPS) is 23.1. The van der Waals surface area contributed by atoms with E-state index in [2.05, 4.69) is 12.1 Å². The minimum absolute atomic E-state index is 0.101. The van der Waals surface area contributed by atoms with Gasteiger partial charge in [0, 0.05) is 17.4 Å². The number of ether oxygens (including phenoxy) is 2. The quantitative estimate of drug-likeness (QED) is 0.815. The third-order valence-electron chi connectivity index (χ3n) is 4.60. The largest absolute Gasteiger partial charge is 0.464 e. The molecule has 0 bridgehead atoms. The molecule has 120 valence electrons. The lowest BCUT2D eigenvalue weighted by molar-refractivity contribution is -0.160. The van der Waals surface area contributed by atoms with Crippen molar-refractivity contribution in [3.63, 3.8) is 0 Å². The molecule has 2 atom stereocenters. The fourth-order valence-corrected chi connectivity index (χ4v) is 3.46. The Morgan fingerprint density at radius 1 is 1.30 bits per heavy atom. The predicted octanol–water partition coefficient (Wildman–Crippen LogP) is 2.71. The fraction of sp³-hybridized carbons (Fsp3) is 0.444. The van der Waals surface area contributed by atoms with E-state index in [1.54, 1.807) is 13.2 Å². The summed E-state index contributed by atoms with van der Waals surface area (Å²) in [5, 5.41) is 0.963. The highest BCUT2D eigenvalue weighted by atomic mass is 16.6. The molecule has 23 heavy (non-hydrogen) atoms. The second-order valence-electron chi connectivity index (χ2n) is 6.37. The molecule has 1 aliphatic heterocycles. The molecule has 0 unspecified atom stereocenters. The van der Waals surface area contributed by atoms with E-state index in [-0.39, 0.29) is 12.5 Å². The molecule has 0 saturated carbocycles. The maximum atomic E-state index is 12.1. The molecule has 1 aliphatic carbocycles. The van der Waals surface area contributed by atoms with Crippen molar-refractivity contribution >= 4 is 22.9 Å². The summed E-state index contributed by atoms with van der Waals surface area (Å²) in [5.74, 6) is -0.884. The molecule has 0 radical (unpaired) electrons. The third kappa shape index (κ3) is 2.60. The van der Waals surface area contributed by atoms with E-state index in [1.807, 2.05) is 0 Å². The molecule has 5 nitrogen and oxygen atoms in total. The topological polar surface area (TPSA) is 65.7 Å². The second kappa shape index (κ2) is 5.41. The number of rotatable bonds is 3. The molecule has 1 aromatic carbocycles. The SMILES string of the molecule is C[C@@H]1C[C@@H](OC(=O)Cc2coc3cc4c(cc23)CCC4)C(=O)O1. The Kier molecular flexibility index (Phi) is 3.36. The Labute approximate surface area is 133 Å². The lowest BCUT2D eigenvalue weighted by Crippen LogP contribution is -2.23. The minimum Gasteiger partial charge on any atom is -0.464 e. The number of furan rings is 1. The van der Waals surface area contributed by atoms with Crippen molar-refractivity contribution in [3.05, 3.63) is 35.1 Å². The van der Waals surface area contributed by atoms with Crippen molar-refractivity contribution in [1.29, 1.82) is 0 Å². The summed E-state index contributed by atoms with van der Waals surface area (Å²) in [7, 11) is 0. The van der Waals surface area contributed by atoms with Crippen LogP contribution in [0.15, 0.2) is 22.8 Å². The zero-order chi connectivity index (χ0) is 16.0. The van der Waals surface area contributed by atoms with Gasteiger partial charge in [-0.2, -0.15) is 0 Å². The first-order valence-corrected chi connectivity index (χ1v) is 8.02. The molecule has 1 saturated heterocycles. The fourth-order valence-electron chi connectivity index (χ4n) is 3.46. The van der Waals surface area contributed by atoms with E-state index in [0.717, 1.165) is 29.4 Å². The Morgan fingerprint density at radius 2 is 2.09 bits per heavy atom. The van der Waals surface area contributed by atoms with Crippen LogP contribution in [-0.2, 0) is 38.3 Å². The first kappa shape index (κ1) is 14.3. The second-order valence-corrected chi connectivity index (χ2v) is 6.37. The zero-order valence-electron chi connectivity index (χ0n) is 13.0. The average molecular weight is 314 g/mol. The Hall–Kier alpha value is -2.30. The predicted molar refractivity (Wildman–Crippen MR) is 82.0 cm³/mol. The number of esters is 2. The van der Waals surface area contributed by atoms with Crippen molar-refractivity contribution in [2.45, 2.75) is 51.2 Å². The molecular formula is C18H18O5. The molecule has 0 N–H and O–H groups in total. The molecule has 0 spiro atoms. The summed E-state index contributed by atoms with van der Waals surface area (Å²) < 4.78 is 15.8. The van der Waals surface area contributed by atoms with Crippen LogP contribution in [0.3, 0.4) is 0 Å². The van der Waals surface area contributed by atoms with Crippen LogP contribution in [0.25, 0.3) is 11.0 Å². The van der Waals surface area contributed by atoms with E-state index in [4.69, 9.17) is 13.9 Å². The number of hydrogen-bond donors (Lipinski definition) is 0. The third-order valence-corrected chi connectivity index (χ3v) is 4.60. The van der Waals surface area contributed by atoms with E-state index in [9.17, 15) is 9.59 Å². The smallest absolute Gasteiger partial charge is 0.347 e.